The van der Waals surface area contributed by atoms with E-state index in [0.717, 1.165) is 12.8 Å². The molecule has 3 rings (SSSR count). The Labute approximate surface area is 190 Å². The summed E-state index contributed by atoms with van der Waals surface area (Å²) in [6, 6.07) is -1.49. The van der Waals surface area contributed by atoms with Crippen LogP contribution in [0.4, 0.5) is 0 Å². The predicted octanol–water partition coefficient (Wildman–Crippen LogP) is 1.68. The molecule has 178 valence electrons. The highest BCUT2D eigenvalue weighted by Crippen LogP contribution is 2.63. The van der Waals surface area contributed by atoms with Gasteiger partial charge in [-0.15, -0.1) is 6.58 Å². The molecule has 0 aromatic heterocycles. The van der Waals surface area contributed by atoms with Crippen LogP contribution in [0.25, 0.3) is 0 Å². The maximum absolute atomic E-state index is 13.9. The van der Waals surface area contributed by atoms with Gasteiger partial charge in [0.2, 0.25) is 11.8 Å². The molecule has 2 amide bonds. The van der Waals surface area contributed by atoms with E-state index >= 15 is 0 Å². The number of nitrogens with zero attached hydrogens (tertiary/aromatic N) is 2. The molecule has 32 heavy (non-hydrogen) atoms. The number of rotatable bonds is 11. The van der Waals surface area contributed by atoms with E-state index in [1.165, 1.54) is 11.0 Å². The van der Waals surface area contributed by atoms with Crippen molar-refractivity contribution in [2.45, 2.75) is 69.7 Å². The topological polar surface area (TPSA) is 96.4 Å². The van der Waals surface area contributed by atoms with Crippen LogP contribution >= 0.6 is 0 Å². The van der Waals surface area contributed by atoms with Gasteiger partial charge in [-0.05, 0) is 33.1 Å². The fourth-order valence-electron chi connectivity index (χ4n) is 5.76. The molecule has 0 aromatic rings. The average molecular weight is 449 g/mol. The van der Waals surface area contributed by atoms with Gasteiger partial charge in [-0.3, -0.25) is 14.4 Å². The number of esters is 1. The normalized spacial score (nSPS) is 33.7. The third-order valence-electron chi connectivity index (χ3n) is 7.23. The Morgan fingerprint density at radius 1 is 1.38 bits per heavy atom. The molecular weight excluding hydrogens is 412 g/mol. The summed E-state index contributed by atoms with van der Waals surface area (Å²) >= 11 is 0. The van der Waals surface area contributed by atoms with Gasteiger partial charge in [0.25, 0.3) is 0 Å². The van der Waals surface area contributed by atoms with Crippen molar-refractivity contribution in [3.8, 4) is 0 Å². The molecule has 0 aromatic carbocycles. The summed E-state index contributed by atoms with van der Waals surface area (Å²) < 4.78 is 11.8. The number of carbonyl (C=O) groups excluding carboxylic acids is 3. The molecule has 8 nitrogen and oxygen atoms in total. The van der Waals surface area contributed by atoms with Crippen LogP contribution in [-0.4, -0.2) is 82.3 Å². The fraction of sp³-hybridized carbons (Fsp3) is 0.708. The first kappa shape index (κ1) is 24.5. The van der Waals surface area contributed by atoms with E-state index in [-0.39, 0.29) is 25.0 Å². The van der Waals surface area contributed by atoms with Gasteiger partial charge in [-0.1, -0.05) is 32.1 Å². The third kappa shape index (κ3) is 3.67. The fourth-order valence-corrected chi connectivity index (χ4v) is 5.76. The quantitative estimate of drug-likeness (QED) is 0.382. The number of hydrogen-bond acceptors (Lipinski definition) is 6. The van der Waals surface area contributed by atoms with Crippen molar-refractivity contribution in [3.63, 3.8) is 0 Å². The van der Waals surface area contributed by atoms with Crippen molar-refractivity contribution in [3.05, 3.63) is 25.3 Å². The molecule has 2 unspecified atom stereocenters. The first-order chi connectivity index (χ1) is 15.2. The van der Waals surface area contributed by atoms with Crippen molar-refractivity contribution >= 4 is 17.8 Å². The number of aliphatic hydroxyl groups excluding tert-OH is 1. The minimum absolute atomic E-state index is 0.0442. The van der Waals surface area contributed by atoms with Gasteiger partial charge in [-0.2, -0.15) is 0 Å². The highest BCUT2D eigenvalue weighted by atomic mass is 16.6. The van der Waals surface area contributed by atoms with E-state index in [0.29, 0.717) is 25.9 Å². The molecule has 3 saturated heterocycles. The van der Waals surface area contributed by atoms with Gasteiger partial charge in [0.05, 0.1) is 24.2 Å². The Morgan fingerprint density at radius 3 is 2.69 bits per heavy atom. The largest absolute Gasteiger partial charge is 0.461 e. The summed E-state index contributed by atoms with van der Waals surface area (Å²) in [5, 5.41) is 9.89. The number of carbonyl (C=O) groups is 3. The number of fused-ring (bicyclic) bond motifs is 1. The minimum Gasteiger partial charge on any atom is -0.461 e. The lowest BCUT2D eigenvalue weighted by Crippen LogP contribution is -2.58. The Bertz CT molecular complexity index is 784. The highest BCUT2D eigenvalue weighted by Gasteiger charge is 2.78. The number of ether oxygens (including phenoxy) is 2. The lowest BCUT2D eigenvalue weighted by atomic mass is 9.66. The molecule has 0 aliphatic carbocycles. The molecule has 6 atom stereocenters. The zero-order valence-corrected chi connectivity index (χ0v) is 19.4. The Kier molecular flexibility index (Phi) is 7.15. The Hall–Kier alpha value is -2.19. The van der Waals surface area contributed by atoms with Crippen molar-refractivity contribution < 1.29 is 29.0 Å². The van der Waals surface area contributed by atoms with E-state index in [1.807, 2.05) is 13.8 Å². The second-order valence-electron chi connectivity index (χ2n) is 9.35. The average Bonchev–Trinajstić information content (AvgIpc) is 3.34. The molecule has 3 aliphatic rings. The van der Waals surface area contributed by atoms with Crippen LogP contribution in [-0.2, 0) is 23.9 Å². The van der Waals surface area contributed by atoms with Crippen molar-refractivity contribution in [1.82, 2.24) is 9.80 Å². The van der Waals surface area contributed by atoms with Gasteiger partial charge in [0.1, 0.15) is 24.2 Å². The number of hydrogen-bond donors (Lipinski definition) is 1. The van der Waals surface area contributed by atoms with Gasteiger partial charge >= 0.3 is 5.97 Å². The second kappa shape index (κ2) is 9.35. The van der Waals surface area contributed by atoms with Crippen molar-refractivity contribution in [2.24, 2.45) is 11.8 Å². The number of amides is 2. The van der Waals surface area contributed by atoms with Gasteiger partial charge in [0, 0.05) is 13.1 Å². The number of unbranched alkanes of at least 4 members (excludes halogenated alkanes) is 1. The minimum atomic E-state index is -1.12. The lowest BCUT2D eigenvalue weighted by molar-refractivity contribution is -0.161. The van der Waals surface area contributed by atoms with E-state index in [2.05, 4.69) is 13.2 Å². The number of aliphatic hydroxyl groups is 1. The molecule has 0 radical (unpaired) electrons. The van der Waals surface area contributed by atoms with E-state index in [1.54, 1.807) is 17.9 Å². The Morgan fingerprint density at radius 2 is 2.09 bits per heavy atom. The summed E-state index contributed by atoms with van der Waals surface area (Å²) in [6.07, 6.45) is 5.93. The molecule has 1 spiro atoms. The summed E-state index contributed by atoms with van der Waals surface area (Å²) in [5.41, 5.74) is -1.99. The smallest absolute Gasteiger partial charge is 0.313 e. The molecule has 0 saturated carbocycles. The predicted molar refractivity (Wildman–Crippen MR) is 118 cm³/mol. The van der Waals surface area contributed by atoms with Gasteiger partial charge < -0.3 is 24.4 Å². The zero-order chi connectivity index (χ0) is 23.7. The highest BCUT2D eigenvalue weighted by molar-refractivity contribution is 5.98. The van der Waals surface area contributed by atoms with Crippen LogP contribution in [0, 0.1) is 11.8 Å². The second-order valence-corrected chi connectivity index (χ2v) is 9.35. The standard InChI is InChI=1S/C24H36N2O6/c1-6-9-13-25(12-7-2)21(29)19-24-11-10-23(5,32-24)18(22(30)31-14-8-3)17(24)20(28)26(19)16(4)15-27/h7-8,16-19,27H,2-3,6,9-15H2,1,4-5H3/t16-,17+,18+,19?,23-,24?/m1/s1. The molecule has 8 heteroatoms. The van der Waals surface area contributed by atoms with E-state index < -0.39 is 41.1 Å². The van der Waals surface area contributed by atoms with Crippen molar-refractivity contribution in [2.75, 3.05) is 26.3 Å². The monoisotopic (exact) mass is 448 g/mol. The first-order valence-electron chi connectivity index (χ1n) is 11.5. The van der Waals surface area contributed by atoms with E-state index in [9.17, 15) is 19.5 Å². The maximum Gasteiger partial charge on any atom is 0.313 e. The van der Waals surface area contributed by atoms with Gasteiger partial charge in [-0.25, -0.2) is 0 Å². The summed E-state index contributed by atoms with van der Waals surface area (Å²) in [5.74, 6) is -2.69. The molecule has 3 heterocycles. The van der Waals surface area contributed by atoms with Gasteiger partial charge in [0.15, 0.2) is 0 Å². The molecule has 2 bridgehead atoms. The third-order valence-corrected chi connectivity index (χ3v) is 7.23. The summed E-state index contributed by atoms with van der Waals surface area (Å²) in [4.78, 5) is 43.8. The summed E-state index contributed by atoms with van der Waals surface area (Å²) in [7, 11) is 0. The first-order valence-corrected chi connectivity index (χ1v) is 11.5. The van der Waals surface area contributed by atoms with E-state index in [4.69, 9.17) is 9.47 Å². The number of likely N-dealkylation sites (tertiary alicyclic amines) is 1. The van der Waals surface area contributed by atoms with Crippen LogP contribution in [0.5, 0.6) is 0 Å². The van der Waals surface area contributed by atoms with Crippen LogP contribution in [0.1, 0.15) is 46.5 Å². The van der Waals surface area contributed by atoms with Crippen LogP contribution in [0.15, 0.2) is 25.3 Å². The lowest BCUT2D eigenvalue weighted by Gasteiger charge is -2.38. The SMILES string of the molecule is C=CCOC(=O)[C@@H]1[C@H]2C(=O)N([C@H](C)CO)C(C(=O)N(CC=C)CCCC)C23CC[C@@]1(C)O3. The summed E-state index contributed by atoms with van der Waals surface area (Å²) in [6.45, 7) is 13.6. The maximum atomic E-state index is 13.9. The van der Waals surface area contributed by atoms with Crippen LogP contribution in [0.2, 0.25) is 0 Å². The molecular formula is C24H36N2O6. The zero-order valence-electron chi connectivity index (χ0n) is 19.4. The molecule has 3 fully saturated rings. The van der Waals surface area contributed by atoms with Crippen molar-refractivity contribution in [1.29, 1.82) is 0 Å². The molecule has 3 aliphatic heterocycles. The van der Waals surface area contributed by atoms with Crippen LogP contribution in [0.3, 0.4) is 0 Å². The Balaban J connectivity index is 2.05. The molecule has 1 N–H and O–H groups in total. The van der Waals surface area contributed by atoms with Crippen LogP contribution < -0.4 is 0 Å².